The Hall–Kier alpha value is -0.790. The SMILES string of the molecule is C[C@H]1C[C@H]2NC(=O)C=C[C@]2(C)C2CC[C@]3(C)CCCC3C21. The number of carbonyl (C=O) groups excluding carboxylic acids is 1. The first-order valence-corrected chi connectivity index (χ1v) is 8.94. The Bertz CT molecular complexity index is 498. The van der Waals surface area contributed by atoms with Crippen molar-refractivity contribution in [1.29, 1.82) is 0 Å². The lowest BCUT2D eigenvalue weighted by molar-refractivity contribution is -0.124. The minimum absolute atomic E-state index is 0.115. The van der Waals surface area contributed by atoms with Crippen LogP contribution in [0, 0.1) is 34.5 Å². The summed E-state index contributed by atoms with van der Waals surface area (Å²) >= 11 is 0. The number of fused-ring (bicyclic) bond motifs is 5. The van der Waals surface area contributed by atoms with Gasteiger partial charge in [0.05, 0.1) is 0 Å². The summed E-state index contributed by atoms with van der Waals surface area (Å²) in [5.74, 6) is 3.42. The first-order valence-electron chi connectivity index (χ1n) is 8.94. The van der Waals surface area contributed by atoms with Crippen LogP contribution < -0.4 is 5.32 Å². The molecule has 1 amide bonds. The van der Waals surface area contributed by atoms with Gasteiger partial charge in [0.15, 0.2) is 0 Å². The van der Waals surface area contributed by atoms with E-state index in [1.165, 1.54) is 38.5 Å². The molecule has 1 aliphatic heterocycles. The van der Waals surface area contributed by atoms with E-state index in [1.54, 1.807) is 6.08 Å². The van der Waals surface area contributed by atoms with E-state index < -0.39 is 0 Å². The van der Waals surface area contributed by atoms with Crippen molar-refractivity contribution in [2.45, 2.75) is 65.3 Å². The van der Waals surface area contributed by atoms with E-state index in [1.807, 2.05) is 0 Å². The molecule has 0 aromatic rings. The summed E-state index contributed by atoms with van der Waals surface area (Å²) in [6, 6.07) is 0.358. The van der Waals surface area contributed by atoms with E-state index in [-0.39, 0.29) is 11.3 Å². The van der Waals surface area contributed by atoms with Crippen molar-refractivity contribution in [3.63, 3.8) is 0 Å². The van der Waals surface area contributed by atoms with Crippen molar-refractivity contribution in [2.75, 3.05) is 0 Å². The van der Waals surface area contributed by atoms with Crippen LogP contribution in [0.1, 0.15) is 59.3 Å². The lowest BCUT2D eigenvalue weighted by Crippen LogP contribution is -2.61. The molecule has 3 saturated carbocycles. The minimum atomic E-state index is 0.115. The predicted octanol–water partition coefficient (Wildman–Crippen LogP) is 3.92. The van der Waals surface area contributed by atoms with Gasteiger partial charge in [-0.05, 0) is 67.3 Å². The van der Waals surface area contributed by atoms with Crippen molar-refractivity contribution in [3.8, 4) is 0 Å². The molecule has 0 aromatic heterocycles. The topological polar surface area (TPSA) is 29.1 Å². The van der Waals surface area contributed by atoms with E-state index in [2.05, 4.69) is 32.2 Å². The normalized spacial score (nSPS) is 55.4. The summed E-state index contributed by atoms with van der Waals surface area (Å²) < 4.78 is 0. The second kappa shape index (κ2) is 4.36. The highest BCUT2D eigenvalue weighted by Crippen LogP contribution is 2.64. The molecule has 0 spiro atoms. The van der Waals surface area contributed by atoms with Crippen molar-refractivity contribution in [1.82, 2.24) is 5.32 Å². The van der Waals surface area contributed by atoms with Crippen LogP contribution in [0.3, 0.4) is 0 Å². The van der Waals surface area contributed by atoms with E-state index in [4.69, 9.17) is 0 Å². The maximum absolute atomic E-state index is 11.8. The first kappa shape index (κ1) is 13.8. The maximum atomic E-state index is 11.8. The molecule has 21 heavy (non-hydrogen) atoms. The third kappa shape index (κ3) is 1.80. The zero-order valence-electron chi connectivity index (χ0n) is 13.7. The molecule has 3 unspecified atom stereocenters. The smallest absolute Gasteiger partial charge is 0.243 e. The largest absolute Gasteiger partial charge is 0.349 e. The van der Waals surface area contributed by atoms with Gasteiger partial charge in [-0.25, -0.2) is 0 Å². The summed E-state index contributed by atoms with van der Waals surface area (Å²) in [7, 11) is 0. The van der Waals surface area contributed by atoms with E-state index in [0.717, 1.165) is 23.7 Å². The third-order valence-electron chi connectivity index (χ3n) is 7.84. The molecular weight excluding hydrogens is 258 g/mol. The lowest BCUT2D eigenvalue weighted by atomic mass is 9.46. The summed E-state index contributed by atoms with van der Waals surface area (Å²) in [6.07, 6.45) is 12.3. The van der Waals surface area contributed by atoms with Gasteiger partial charge in [0.2, 0.25) is 5.91 Å². The molecule has 0 saturated heterocycles. The van der Waals surface area contributed by atoms with Gasteiger partial charge in [-0.2, -0.15) is 0 Å². The average Bonchev–Trinajstić information content (AvgIpc) is 2.82. The van der Waals surface area contributed by atoms with Gasteiger partial charge in [-0.3, -0.25) is 4.79 Å². The highest BCUT2D eigenvalue weighted by atomic mass is 16.1. The molecule has 1 heterocycles. The molecule has 3 aliphatic carbocycles. The Morgan fingerprint density at radius 1 is 1.19 bits per heavy atom. The molecule has 1 N–H and O–H groups in total. The summed E-state index contributed by atoms with van der Waals surface area (Å²) in [4.78, 5) is 11.8. The van der Waals surface area contributed by atoms with Gasteiger partial charge in [0, 0.05) is 11.5 Å². The third-order valence-corrected chi connectivity index (χ3v) is 7.84. The zero-order valence-corrected chi connectivity index (χ0v) is 13.7. The maximum Gasteiger partial charge on any atom is 0.243 e. The number of rotatable bonds is 0. The fourth-order valence-electron chi connectivity index (χ4n) is 6.67. The molecule has 2 nitrogen and oxygen atoms in total. The number of amides is 1. The molecular formula is C19H29NO. The van der Waals surface area contributed by atoms with Crippen LogP contribution in [0.5, 0.6) is 0 Å². The highest BCUT2D eigenvalue weighted by molar-refractivity contribution is 5.89. The Kier molecular flexibility index (Phi) is 2.88. The van der Waals surface area contributed by atoms with Crippen molar-refractivity contribution in [3.05, 3.63) is 12.2 Å². The minimum Gasteiger partial charge on any atom is -0.349 e. The van der Waals surface area contributed by atoms with Crippen LogP contribution in [0.15, 0.2) is 12.2 Å². The average molecular weight is 287 g/mol. The Labute approximate surface area is 128 Å². The fraction of sp³-hybridized carbons (Fsp3) is 0.842. The monoisotopic (exact) mass is 287 g/mol. The van der Waals surface area contributed by atoms with Crippen LogP contribution in [0.2, 0.25) is 0 Å². The molecule has 0 bridgehead atoms. The van der Waals surface area contributed by atoms with Gasteiger partial charge >= 0.3 is 0 Å². The summed E-state index contributed by atoms with van der Waals surface area (Å²) in [6.45, 7) is 7.42. The number of carbonyl (C=O) groups is 1. The zero-order chi connectivity index (χ0) is 14.8. The van der Waals surface area contributed by atoms with Crippen LogP contribution in [-0.2, 0) is 4.79 Å². The Balaban J connectivity index is 1.73. The van der Waals surface area contributed by atoms with Crippen LogP contribution in [0.25, 0.3) is 0 Å². The summed E-state index contributed by atoms with van der Waals surface area (Å²) in [5.41, 5.74) is 0.801. The molecule has 7 atom stereocenters. The fourth-order valence-corrected chi connectivity index (χ4v) is 6.67. The molecule has 4 rings (SSSR count). The molecule has 0 radical (unpaired) electrons. The molecule has 3 fully saturated rings. The van der Waals surface area contributed by atoms with Crippen LogP contribution in [-0.4, -0.2) is 11.9 Å². The number of hydrogen-bond donors (Lipinski definition) is 1. The van der Waals surface area contributed by atoms with E-state index >= 15 is 0 Å². The quantitative estimate of drug-likeness (QED) is 0.719. The van der Waals surface area contributed by atoms with Gasteiger partial charge in [-0.1, -0.05) is 33.3 Å². The van der Waals surface area contributed by atoms with Crippen LogP contribution >= 0.6 is 0 Å². The molecule has 0 aromatic carbocycles. The molecule has 116 valence electrons. The van der Waals surface area contributed by atoms with E-state index in [9.17, 15) is 4.79 Å². The van der Waals surface area contributed by atoms with E-state index in [0.29, 0.717) is 11.5 Å². The Morgan fingerprint density at radius 2 is 2.00 bits per heavy atom. The molecule has 4 aliphatic rings. The number of nitrogens with one attached hydrogen (secondary N) is 1. The van der Waals surface area contributed by atoms with Gasteiger partial charge < -0.3 is 5.32 Å². The lowest BCUT2D eigenvalue weighted by Gasteiger charge is -2.60. The van der Waals surface area contributed by atoms with Gasteiger partial charge in [-0.15, -0.1) is 0 Å². The van der Waals surface area contributed by atoms with Gasteiger partial charge in [0.1, 0.15) is 0 Å². The van der Waals surface area contributed by atoms with Crippen molar-refractivity contribution in [2.24, 2.45) is 34.5 Å². The standard InChI is InChI=1S/C19H29NO/c1-12-11-15-19(3,10-7-16(21)20-15)14-6-9-18(2)8-4-5-13(18)17(12)14/h7,10,12-15,17H,4-6,8-9,11H2,1-3H3,(H,20,21)/t12-,13?,14?,15+,17?,18-,19+/m0/s1. The van der Waals surface area contributed by atoms with Crippen molar-refractivity contribution >= 4 is 5.91 Å². The number of hydrogen-bond acceptors (Lipinski definition) is 1. The second-order valence-corrected chi connectivity index (χ2v) is 8.85. The predicted molar refractivity (Wildman–Crippen MR) is 84.6 cm³/mol. The van der Waals surface area contributed by atoms with Crippen molar-refractivity contribution < 1.29 is 4.79 Å². The highest BCUT2D eigenvalue weighted by Gasteiger charge is 2.59. The van der Waals surface area contributed by atoms with Gasteiger partial charge in [0.25, 0.3) is 0 Å². The van der Waals surface area contributed by atoms with Crippen LogP contribution in [0.4, 0.5) is 0 Å². The molecule has 2 heteroatoms. The Morgan fingerprint density at radius 3 is 2.81 bits per heavy atom. The first-order chi connectivity index (χ1) is 9.94. The second-order valence-electron chi connectivity index (χ2n) is 8.85. The summed E-state index contributed by atoms with van der Waals surface area (Å²) in [5, 5.41) is 3.27.